The number of carbonyl (C=O) groups excluding carboxylic acids is 1. The zero-order valence-corrected chi connectivity index (χ0v) is 12.4. The van der Waals surface area contributed by atoms with Gasteiger partial charge in [-0.3, -0.25) is 9.59 Å². The molecule has 118 valence electrons. The molecule has 23 heavy (non-hydrogen) atoms. The maximum absolute atomic E-state index is 14.5. The van der Waals surface area contributed by atoms with Gasteiger partial charge in [0.25, 0.3) is 5.91 Å². The van der Waals surface area contributed by atoms with Crippen molar-refractivity contribution in [2.45, 2.75) is 0 Å². The van der Waals surface area contributed by atoms with E-state index in [1.54, 1.807) is 6.07 Å². The molecule has 3 aromatic rings. The first-order valence-electron chi connectivity index (χ1n) is 6.36. The largest absolute Gasteiger partial charge is 0.497 e. The van der Waals surface area contributed by atoms with E-state index in [0.29, 0.717) is 11.3 Å². The molecular weight excluding hydrogens is 330 g/mol. The lowest BCUT2D eigenvalue weighted by molar-refractivity contribution is 0.0992. The van der Waals surface area contributed by atoms with Crippen LogP contribution in [0.2, 0.25) is 5.02 Å². The second-order valence-electron chi connectivity index (χ2n) is 4.80. The molecule has 0 aliphatic heterocycles. The number of nitrogens with two attached hydrogens (primary N) is 1. The monoisotopic (exact) mass is 338 g/mol. The second kappa shape index (κ2) is 5.20. The molecule has 0 spiro atoms. The average Bonchev–Trinajstić information content (AvgIpc) is 2.52. The SMILES string of the molecule is COc1ccc2[nH]c3c(Cl)c(F)c(C(N)=O)c(F)c3c(=O)c2c1. The lowest BCUT2D eigenvalue weighted by Gasteiger charge is -2.10. The van der Waals surface area contributed by atoms with Crippen molar-refractivity contribution in [1.29, 1.82) is 0 Å². The number of amides is 1. The maximum Gasteiger partial charge on any atom is 0.254 e. The number of aromatic nitrogens is 1. The van der Waals surface area contributed by atoms with Crippen LogP contribution in [-0.4, -0.2) is 18.0 Å². The van der Waals surface area contributed by atoms with E-state index < -0.39 is 38.9 Å². The highest BCUT2D eigenvalue weighted by molar-refractivity contribution is 6.36. The molecule has 3 rings (SSSR count). The summed E-state index contributed by atoms with van der Waals surface area (Å²) in [5.41, 5.74) is 3.25. The quantitative estimate of drug-likeness (QED) is 0.556. The zero-order chi connectivity index (χ0) is 16.9. The molecule has 0 unspecified atom stereocenters. The Hall–Kier alpha value is -2.67. The van der Waals surface area contributed by atoms with Crippen LogP contribution < -0.4 is 15.9 Å². The highest BCUT2D eigenvalue weighted by Gasteiger charge is 2.25. The summed E-state index contributed by atoms with van der Waals surface area (Å²) in [6.07, 6.45) is 0. The Bertz CT molecular complexity index is 1050. The van der Waals surface area contributed by atoms with Gasteiger partial charge in [-0.1, -0.05) is 11.6 Å². The number of methoxy groups -OCH3 is 1. The number of nitrogens with one attached hydrogen (secondary N) is 1. The summed E-state index contributed by atoms with van der Waals surface area (Å²) in [5, 5.41) is -1.01. The first kappa shape index (κ1) is 15.2. The minimum atomic E-state index is -1.35. The van der Waals surface area contributed by atoms with Crippen molar-refractivity contribution in [2.75, 3.05) is 7.11 Å². The normalized spacial score (nSPS) is 11.1. The summed E-state index contributed by atoms with van der Waals surface area (Å²) >= 11 is 5.83. The van der Waals surface area contributed by atoms with Crippen LogP contribution in [0.15, 0.2) is 23.0 Å². The van der Waals surface area contributed by atoms with Crippen LogP contribution in [0.1, 0.15) is 10.4 Å². The Morgan fingerprint density at radius 3 is 2.61 bits per heavy atom. The standard InChI is InChI=1S/C15H9ClF2N2O3/c1-23-5-2-3-7-6(4-5)14(21)9-11(17)8(15(19)22)12(18)10(16)13(9)20-7/h2-4H,1H3,(H2,19,22)(H,20,21). The van der Waals surface area contributed by atoms with E-state index in [2.05, 4.69) is 4.98 Å². The Balaban J connectivity index is 2.60. The van der Waals surface area contributed by atoms with Crippen molar-refractivity contribution < 1.29 is 18.3 Å². The van der Waals surface area contributed by atoms with E-state index in [0.717, 1.165) is 0 Å². The van der Waals surface area contributed by atoms with Gasteiger partial charge in [0.05, 0.1) is 23.5 Å². The number of rotatable bonds is 2. The number of fused-ring (bicyclic) bond motifs is 2. The maximum atomic E-state index is 14.5. The first-order chi connectivity index (χ1) is 10.9. The van der Waals surface area contributed by atoms with E-state index in [1.165, 1.54) is 19.2 Å². The van der Waals surface area contributed by atoms with Gasteiger partial charge >= 0.3 is 0 Å². The number of primary amides is 1. The summed E-state index contributed by atoms with van der Waals surface area (Å²) < 4.78 is 33.6. The lowest BCUT2D eigenvalue weighted by atomic mass is 10.0. The van der Waals surface area contributed by atoms with Crippen molar-refractivity contribution in [2.24, 2.45) is 5.73 Å². The number of hydrogen-bond donors (Lipinski definition) is 2. The first-order valence-corrected chi connectivity index (χ1v) is 6.74. The van der Waals surface area contributed by atoms with Gasteiger partial charge in [0, 0.05) is 5.39 Å². The smallest absolute Gasteiger partial charge is 0.254 e. The molecule has 3 N–H and O–H groups in total. The van der Waals surface area contributed by atoms with E-state index in [1.807, 2.05) is 0 Å². The van der Waals surface area contributed by atoms with Crippen molar-refractivity contribution in [3.63, 3.8) is 0 Å². The van der Waals surface area contributed by atoms with Crippen LogP contribution >= 0.6 is 11.6 Å². The number of pyridine rings is 1. The number of aromatic amines is 1. The minimum absolute atomic E-state index is 0.105. The molecule has 0 saturated carbocycles. The van der Waals surface area contributed by atoms with Gasteiger partial charge in [-0.25, -0.2) is 8.78 Å². The van der Waals surface area contributed by atoms with Crippen molar-refractivity contribution in [3.05, 3.63) is 50.6 Å². The van der Waals surface area contributed by atoms with Crippen LogP contribution in [0.3, 0.4) is 0 Å². The van der Waals surface area contributed by atoms with Crippen LogP contribution in [0.5, 0.6) is 5.75 Å². The summed E-state index contributed by atoms with van der Waals surface area (Å²) in [4.78, 5) is 26.5. The molecular formula is C15H9ClF2N2O3. The predicted molar refractivity (Wildman–Crippen MR) is 82.1 cm³/mol. The zero-order valence-electron chi connectivity index (χ0n) is 11.7. The molecule has 0 atom stereocenters. The van der Waals surface area contributed by atoms with Gasteiger partial charge in [0.1, 0.15) is 16.3 Å². The predicted octanol–water partition coefficient (Wildman–Crippen LogP) is 2.72. The third kappa shape index (κ3) is 2.12. The molecule has 8 heteroatoms. The third-order valence-electron chi connectivity index (χ3n) is 3.53. The molecule has 0 aliphatic carbocycles. The molecule has 0 radical (unpaired) electrons. The average molecular weight is 339 g/mol. The highest BCUT2D eigenvalue weighted by Crippen LogP contribution is 2.31. The van der Waals surface area contributed by atoms with Gasteiger partial charge in [-0.15, -0.1) is 0 Å². The second-order valence-corrected chi connectivity index (χ2v) is 5.17. The van der Waals surface area contributed by atoms with Gasteiger partial charge in [0.15, 0.2) is 17.1 Å². The Labute approximate surface area is 132 Å². The summed E-state index contributed by atoms with van der Waals surface area (Å²) in [7, 11) is 1.41. The van der Waals surface area contributed by atoms with Gasteiger partial charge in [-0.05, 0) is 18.2 Å². The lowest BCUT2D eigenvalue weighted by Crippen LogP contribution is -2.19. The van der Waals surface area contributed by atoms with E-state index in [9.17, 15) is 18.4 Å². The Morgan fingerprint density at radius 2 is 2.00 bits per heavy atom. The number of carbonyl (C=O) groups is 1. The highest BCUT2D eigenvalue weighted by atomic mass is 35.5. The molecule has 0 fully saturated rings. The molecule has 5 nitrogen and oxygen atoms in total. The van der Waals surface area contributed by atoms with Crippen molar-refractivity contribution in [1.82, 2.24) is 4.98 Å². The summed E-state index contributed by atoms with van der Waals surface area (Å²) in [6, 6.07) is 4.49. The summed E-state index contributed by atoms with van der Waals surface area (Å²) in [5.74, 6) is -3.63. The molecule has 1 heterocycles. The number of benzene rings is 2. The van der Waals surface area contributed by atoms with Crippen molar-refractivity contribution in [3.8, 4) is 5.75 Å². The van der Waals surface area contributed by atoms with Gasteiger partial charge < -0.3 is 15.5 Å². The molecule has 1 amide bonds. The van der Waals surface area contributed by atoms with E-state index >= 15 is 0 Å². The fourth-order valence-electron chi connectivity index (χ4n) is 2.42. The molecule has 0 aliphatic rings. The fourth-order valence-corrected chi connectivity index (χ4v) is 2.66. The Kier molecular flexibility index (Phi) is 3.45. The van der Waals surface area contributed by atoms with Gasteiger partial charge in [0.2, 0.25) is 0 Å². The molecule has 1 aromatic heterocycles. The van der Waals surface area contributed by atoms with Gasteiger partial charge in [-0.2, -0.15) is 0 Å². The molecule has 0 saturated heterocycles. The van der Waals surface area contributed by atoms with Crippen LogP contribution in [-0.2, 0) is 0 Å². The van der Waals surface area contributed by atoms with Crippen LogP contribution in [0, 0.1) is 11.6 Å². The van der Waals surface area contributed by atoms with E-state index in [4.69, 9.17) is 22.1 Å². The molecule has 2 aromatic carbocycles. The van der Waals surface area contributed by atoms with Crippen LogP contribution in [0.25, 0.3) is 21.8 Å². The molecule has 0 bridgehead atoms. The summed E-state index contributed by atoms with van der Waals surface area (Å²) in [6.45, 7) is 0. The van der Waals surface area contributed by atoms with Crippen molar-refractivity contribution >= 4 is 39.3 Å². The Morgan fingerprint density at radius 1 is 1.30 bits per heavy atom. The van der Waals surface area contributed by atoms with Crippen LogP contribution in [0.4, 0.5) is 8.78 Å². The number of H-pyrrole nitrogens is 1. The third-order valence-corrected chi connectivity index (χ3v) is 3.88. The van der Waals surface area contributed by atoms with E-state index in [-0.39, 0.29) is 10.9 Å². The topological polar surface area (TPSA) is 85.2 Å². The number of halogens is 3. The fraction of sp³-hybridized carbons (Fsp3) is 0.0667. The number of hydrogen-bond acceptors (Lipinski definition) is 3. The number of ether oxygens (including phenoxy) is 1. The minimum Gasteiger partial charge on any atom is -0.497 e.